The van der Waals surface area contributed by atoms with Gasteiger partial charge in [-0.15, -0.1) is 0 Å². The first-order chi connectivity index (χ1) is 12.7. The summed E-state index contributed by atoms with van der Waals surface area (Å²) in [6, 6.07) is 0. The lowest BCUT2D eigenvalue weighted by molar-refractivity contribution is -0.123. The number of carbonyl (C=O) groups excluding carboxylic acids is 1. The van der Waals surface area contributed by atoms with E-state index in [0.29, 0.717) is 25.0 Å². The first-order valence-electron chi connectivity index (χ1n) is 10.2. The zero-order valence-corrected chi connectivity index (χ0v) is 16.9. The zero-order chi connectivity index (χ0) is 20.0. The molecule has 0 aromatic carbocycles. The van der Waals surface area contributed by atoms with E-state index >= 15 is 0 Å². The number of allylic oxidation sites excluding steroid dienone is 4. The van der Waals surface area contributed by atoms with Gasteiger partial charge >= 0.3 is 0 Å². The van der Waals surface area contributed by atoms with Crippen LogP contribution in [-0.2, 0) is 4.79 Å². The fraction of sp³-hybridized carbons (Fsp3) is 0.727. The second-order valence-electron chi connectivity index (χ2n) is 9.29. The summed E-state index contributed by atoms with van der Waals surface area (Å²) in [5.41, 5.74) is 2.54. The normalized spacial score (nSPS) is 39.3. The highest BCUT2D eigenvalue weighted by molar-refractivity contribution is 5.97. The molecule has 3 aliphatic rings. The van der Waals surface area contributed by atoms with Crippen LogP contribution in [0.15, 0.2) is 28.5 Å². The number of Topliss-reactive ketones (excluding diaryl/α,β-unsaturated/α-hetero) is 1. The summed E-state index contributed by atoms with van der Waals surface area (Å²) in [5, 5.41) is 33.6. The molecule has 150 valence electrons. The summed E-state index contributed by atoms with van der Waals surface area (Å²) in [7, 11) is 0. The van der Waals surface area contributed by atoms with Crippen LogP contribution in [0.3, 0.4) is 0 Å². The van der Waals surface area contributed by atoms with Crippen molar-refractivity contribution in [2.45, 2.75) is 78.4 Å². The van der Waals surface area contributed by atoms with Crippen molar-refractivity contribution in [2.75, 3.05) is 0 Å². The highest BCUT2D eigenvalue weighted by Crippen LogP contribution is 2.61. The van der Waals surface area contributed by atoms with Gasteiger partial charge in [-0.3, -0.25) is 4.79 Å². The van der Waals surface area contributed by atoms with Crippen molar-refractivity contribution in [3.63, 3.8) is 0 Å². The quantitative estimate of drug-likeness (QED) is 0.506. The maximum Gasteiger partial charge on any atom is 0.134 e. The van der Waals surface area contributed by atoms with Crippen molar-refractivity contribution in [1.82, 2.24) is 0 Å². The van der Waals surface area contributed by atoms with Crippen molar-refractivity contribution >= 4 is 11.5 Å². The topological polar surface area (TPSA) is 90.1 Å². The van der Waals surface area contributed by atoms with Gasteiger partial charge in [0.2, 0.25) is 0 Å². The van der Waals surface area contributed by atoms with Crippen LogP contribution in [0.2, 0.25) is 0 Å². The molecule has 1 fully saturated rings. The number of aliphatic hydroxyl groups excluding tert-OH is 2. The average Bonchev–Trinajstić information content (AvgIpc) is 2.98. The molecule has 3 N–H and O–H groups in total. The number of hydrogen-bond donors (Lipinski definition) is 3. The Hall–Kier alpha value is -1.46. The molecule has 5 heteroatoms. The smallest absolute Gasteiger partial charge is 0.134 e. The standard InChI is InChI=1S/C22H33NO4/c1-5-19(25)20(26)12-21(3)11-14(23-27)10-15-17(21)8-9-22(4)16(13(2)24)6-7-18(15)22/h7,10,16-17,19-20,25-27H,5-6,8-9,11-12H2,1-4H3/b23-14-. The molecular formula is C22H33NO4. The number of nitrogens with zero attached hydrogens (tertiary/aromatic N) is 1. The Balaban J connectivity index is 1.97. The largest absolute Gasteiger partial charge is 0.411 e. The number of aliphatic hydroxyl groups is 2. The Labute approximate surface area is 161 Å². The Bertz CT molecular complexity index is 709. The summed E-state index contributed by atoms with van der Waals surface area (Å²) in [6.07, 6.45) is 6.84. The van der Waals surface area contributed by atoms with Gasteiger partial charge in [-0.1, -0.05) is 32.0 Å². The second-order valence-corrected chi connectivity index (χ2v) is 9.29. The molecule has 0 aromatic rings. The molecule has 6 unspecified atom stereocenters. The van der Waals surface area contributed by atoms with E-state index in [4.69, 9.17) is 0 Å². The van der Waals surface area contributed by atoms with E-state index in [-0.39, 0.29) is 28.4 Å². The summed E-state index contributed by atoms with van der Waals surface area (Å²) >= 11 is 0. The third-order valence-corrected chi connectivity index (χ3v) is 7.49. The lowest BCUT2D eigenvalue weighted by atomic mass is 9.53. The third kappa shape index (κ3) is 3.29. The van der Waals surface area contributed by atoms with E-state index in [1.54, 1.807) is 6.92 Å². The number of hydrogen-bond acceptors (Lipinski definition) is 5. The van der Waals surface area contributed by atoms with Crippen molar-refractivity contribution in [3.8, 4) is 0 Å². The van der Waals surface area contributed by atoms with Gasteiger partial charge in [-0.05, 0) is 74.0 Å². The van der Waals surface area contributed by atoms with E-state index in [9.17, 15) is 20.2 Å². The summed E-state index contributed by atoms with van der Waals surface area (Å²) < 4.78 is 0. The van der Waals surface area contributed by atoms with Crippen LogP contribution < -0.4 is 0 Å². The van der Waals surface area contributed by atoms with E-state index in [2.05, 4.69) is 25.1 Å². The number of fused-ring (bicyclic) bond motifs is 3. The molecule has 0 aromatic heterocycles. The van der Waals surface area contributed by atoms with E-state index < -0.39 is 12.2 Å². The molecule has 3 aliphatic carbocycles. The lowest BCUT2D eigenvalue weighted by Gasteiger charge is -2.51. The van der Waals surface area contributed by atoms with Gasteiger partial charge < -0.3 is 15.4 Å². The third-order valence-electron chi connectivity index (χ3n) is 7.49. The van der Waals surface area contributed by atoms with Crippen molar-refractivity contribution in [1.29, 1.82) is 0 Å². The molecule has 5 nitrogen and oxygen atoms in total. The molecule has 0 radical (unpaired) electrons. The minimum atomic E-state index is -0.796. The monoisotopic (exact) mass is 375 g/mol. The minimum absolute atomic E-state index is 0.0181. The lowest BCUT2D eigenvalue weighted by Crippen LogP contribution is -2.45. The molecule has 3 rings (SSSR count). The Morgan fingerprint density at radius 2 is 2.04 bits per heavy atom. The van der Waals surface area contributed by atoms with Gasteiger partial charge in [0.1, 0.15) is 5.78 Å². The summed E-state index contributed by atoms with van der Waals surface area (Å²) in [5.74, 6) is 0.482. The molecule has 0 amide bonds. The first-order valence-corrected chi connectivity index (χ1v) is 10.2. The molecular weight excluding hydrogens is 342 g/mol. The Kier molecular flexibility index (Phi) is 5.39. The molecule has 0 aliphatic heterocycles. The Morgan fingerprint density at radius 3 is 2.63 bits per heavy atom. The molecule has 27 heavy (non-hydrogen) atoms. The highest BCUT2D eigenvalue weighted by atomic mass is 16.4. The van der Waals surface area contributed by atoms with Crippen molar-refractivity contribution in [3.05, 3.63) is 23.3 Å². The predicted molar refractivity (Wildman–Crippen MR) is 105 cm³/mol. The second kappa shape index (κ2) is 7.17. The van der Waals surface area contributed by atoms with E-state index in [1.165, 1.54) is 5.57 Å². The van der Waals surface area contributed by atoms with Crippen LogP contribution in [0.5, 0.6) is 0 Å². The SMILES string of the molecule is CCC(O)C(O)CC1(C)C/C(=N\O)C=C2C3=CCC(C(C)=O)C3(C)CCC21. The highest BCUT2D eigenvalue weighted by Gasteiger charge is 2.53. The van der Waals surface area contributed by atoms with Crippen LogP contribution in [0.4, 0.5) is 0 Å². The maximum atomic E-state index is 12.2. The number of oxime groups is 1. The maximum absolute atomic E-state index is 12.2. The average molecular weight is 376 g/mol. The van der Waals surface area contributed by atoms with Crippen LogP contribution in [0.25, 0.3) is 0 Å². The van der Waals surface area contributed by atoms with Crippen molar-refractivity contribution < 1.29 is 20.2 Å². The predicted octanol–water partition coefficient (Wildman–Crippen LogP) is 3.63. The zero-order valence-electron chi connectivity index (χ0n) is 16.9. The van der Waals surface area contributed by atoms with Crippen LogP contribution in [0.1, 0.15) is 66.2 Å². The molecule has 0 heterocycles. The molecule has 0 spiro atoms. The van der Waals surface area contributed by atoms with Gasteiger partial charge in [0.15, 0.2) is 0 Å². The van der Waals surface area contributed by atoms with E-state index in [0.717, 1.165) is 24.8 Å². The van der Waals surface area contributed by atoms with Gasteiger partial charge in [0.05, 0.1) is 17.9 Å². The molecule has 0 bridgehead atoms. The molecule has 1 saturated carbocycles. The minimum Gasteiger partial charge on any atom is -0.411 e. The molecule has 6 atom stereocenters. The van der Waals surface area contributed by atoms with Gasteiger partial charge in [-0.25, -0.2) is 0 Å². The number of rotatable bonds is 5. The fourth-order valence-electron chi connectivity index (χ4n) is 5.91. The van der Waals surface area contributed by atoms with Gasteiger partial charge in [-0.2, -0.15) is 0 Å². The Morgan fingerprint density at radius 1 is 1.33 bits per heavy atom. The number of carbonyl (C=O) groups is 1. The fourth-order valence-corrected chi connectivity index (χ4v) is 5.91. The number of ketones is 1. The van der Waals surface area contributed by atoms with Crippen molar-refractivity contribution in [2.24, 2.45) is 27.8 Å². The van der Waals surface area contributed by atoms with E-state index in [1.807, 2.05) is 13.0 Å². The summed E-state index contributed by atoms with van der Waals surface area (Å²) in [4.78, 5) is 12.2. The molecule has 0 saturated heterocycles. The van der Waals surface area contributed by atoms with Crippen LogP contribution in [0, 0.1) is 22.7 Å². The van der Waals surface area contributed by atoms with Gasteiger partial charge in [0.25, 0.3) is 0 Å². The van der Waals surface area contributed by atoms with Crippen LogP contribution >= 0.6 is 0 Å². The summed E-state index contributed by atoms with van der Waals surface area (Å²) in [6.45, 7) is 7.86. The van der Waals surface area contributed by atoms with Gasteiger partial charge in [0, 0.05) is 11.3 Å². The first kappa shape index (κ1) is 20.3. The van der Waals surface area contributed by atoms with Crippen LogP contribution in [-0.4, -0.2) is 39.1 Å².